The summed E-state index contributed by atoms with van der Waals surface area (Å²) < 4.78 is 53.0. The first-order chi connectivity index (χ1) is 9.12. The summed E-state index contributed by atoms with van der Waals surface area (Å²) in [5, 5.41) is 3.66. The molecule has 5 heteroatoms. The largest absolute Gasteiger partial charge is 0.229 e. The second kappa shape index (κ2) is 3.26. The average molecular weight is 246 g/mol. The SMILES string of the molecule is [2H]c1nc(Br)c([2H])c(-n2nc(C([2H])([2H])[2H])c([2H])c2[2H])n1. The van der Waals surface area contributed by atoms with Crippen LogP contribution in [0.25, 0.3) is 5.82 Å². The van der Waals surface area contributed by atoms with E-state index in [2.05, 4.69) is 31.0 Å². The Morgan fingerprint density at radius 2 is 2.54 bits per heavy atom. The van der Waals surface area contributed by atoms with Crippen LogP contribution in [-0.2, 0) is 0 Å². The van der Waals surface area contributed by atoms with E-state index in [1.807, 2.05) is 0 Å². The van der Waals surface area contributed by atoms with Gasteiger partial charge in [0.05, 0.1) is 9.81 Å². The van der Waals surface area contributed by atoms with Gasteiger partial charge in [0.1, 0.15) is 12.3 Å². The van der Waals surface area contributed by atoms with Crippen LogP contribution in [-0.4, -0.2) is 19.7 Å². The highest BCUT2D eigenvalue weighted by Crippen LogP contribution is 2.09. The van der Waals surface area contributed by atoms with E-state index >= 15 is 0 Å². The van der Waals surface area contributed by atoms with Crippen LogP contribution < -0.4 is 0 Å². The maximum Gasteiger partial charge on any atom is 0.157 e. The molecule has 0 saturated heterocycles. The van der Waals surface area contributed by atoms with Crippen molar-refractivity contribution in [1.29, 1.82) is 0 Å². The number of rotatable bonds is 1. The first-order valence-corrected chi connectivity index (χ1v) is 4.00. The lowest BCUT2D eigenvalue weighted by atomic mass is 10.5. The molecule has 0 unspecified atom stereocenters. The van der Waals surface area contributed by atoms with Crippen LogP contribution in [0.15, 0.2) is 29.2 Å². The molecule has 0 atom stereocenters. The number of hydrogen-bond acceptors (Lipinski definition) is 3. The Morgan fingerprint density at radius 3 is 3.31 bits per heavy atom. The zero-order valence-electron chi connectivity index (χ0n) is 13.2. The molecule has 66 valence electrons. The zero-order valence-corrected chi connectivity index (χ0v) is 7.75. The van der Waals surface area contributed by atoms with Crippen LogP contribution in [0.3, 0.4) is 0 Å². The van der Waals surface area contributed by atoms with E-state index in [1.54, 1.807) is 0 Å². The van der Waals surface area contributed by atoms with Gasteiger partial charge in [-0.2, -0.15) is 5.10 Å². The van der Waals surface area contributed by atoms with E-state index in [0.29, 0.717) is 0 Å². The summed E-state index contributed by atoms with van der Waals surface area (Å²) in [4.78, 5) is 7.24. The first-order valence-electron chi connectivity index (χ1n) is 6.70. The van der Waals surface area contributed by atoms with Gasteiger partial charge in [-0.3, -0.25) is 0 Å². The molecule has 13 heavy (non-hydrogen) atoms. The Labute approximate surface area is 93.6 Å². The summed E-state index contributed by atoms with van der Waals surface area (Å²) in [6.45, 7) is -2.64. The molecule has 0 aliphatic heterocycles. The lowest BCUT2D eigenvalue weighted by molar-refractivity contribution is 0.823. The number of aromatic nitrogens is 4. The van der Waals surface area contributed by atoms with Crippen LogP contribution in [0.2, 0.25) is 0 Å². The van der Waals surface area contributed by atoms with E-state index in [9.17, 15) is 0 Å². The van der Waals surface area contributed by atoms with Gasteiger partial charge in [-0.15, -0.1) is 0 Å². The number of halogens is 1. The monoisotopic (exact) mass is 245 g/mol. The summed E-state index contributed by atoms with van der Waals surface area (Å²) in [6, 6.07) is -0.820. The molecule has 0 amide bonds. The molecule has 2 aromatic heterocycles. The number of aryl methyl sites for hydroxylation is 1. The fraction of sp³-hybridized carbons (Fsp3) is 0.125. The smallest absolute Gasteiger partial charge is 0.157 e. The van der Waals surface area contributed by atoms with E-state index in [-0.39, 0.29) is 16.5 Å². The van der Waals surface area contributed by atoms with Crippen molar-refractivity contribution in [3.05, 3.63) is 34.9 Å². The van der Waals surface area contributed by atoms with Gasteiger partial charge < -0.3 is 0 Å². The molecule has 0 bridgehead atoms. The van der Waals surface area contributed by atoms with Crippen molar-refractivity contribution in [3.8, 4) is 5.82 Å². The maximum absolute atomic E-state index is 7.76. The maximum atomic E-state index is 7.76. The molecular weight excluding hydrogens is 232 g/mol. The van der Waals surface area contributed by atoms with Crippen molar-refractivity contribution in [2.24, 2.45) is 0 Å². The second-order valence-corrected chi connectivity index (χ2v) is 2.81. The molecular formula is C8H7BrN4. The van der Waals surface area contributed by atoms with Crippen molar-refractivity contribution in [3.63, 3.8) is 0 Å². The summed E-state index contributed by atoms with van der Waals surface area (Å²) in [5.74, 6) is -0.231. The lowest BCUT2D eigenvalue weighted by Gasteiger charge is -1.98. The van der Waals surface area contributed by atoms with Crippen molar-refractivity contribution in [1.82, 2.24) is 19.7 Å². The topological polar surface area (TPSA) is 43.6 Å². The second-order valence-electron chi connectivity index (χ2n) is 2.06. The van der Waals surface area contributed by atoms with Crippen molar-refractivity contribution in [2.75, 3.05) is 0 Å². The highest BCUT2D eigenvalue weighted by Gasteiger charge is 1.99. The minimum absolute atomic E-state index is 0.0179. The molecule has 2 rings (SSSR count). The number of hydrogen-bond donors (Lipinski definition) is 0. The Kier molecular flexibility index (Phi) is 0.875. The molecule has 4 nitrogen and oxygen atoms in total. The minimum atomic E-state index is -2.64. The van der Waals surface area contributed by atoms with E-state index in [0.717, 1.165) is 4.68 Å². The van der Waals surface area contributed by atoms with Gasteiger partial charge in [-0.05, 0) is 28.8 Å². The summed E-state index contributed by atoms with van der Waals surface area (Å²) >= 11 is 2.96. The quantitative estimate of drug-likeness (QED) is 0.720. The van der Waals surface area contributed by atoms with Gasteiger partial charge >= 0.3 is 0 Å². The Bertz CT molecular complexity index is 680. The van der Waals surface area contributed by atoms with E-state index in [4.69, 9.17) is 9.60 Å². The highest BCUT2D eigenvalue weighted by atomic mass is 79.9. The minimum Gasteiger partial charge on any atom is -0.229 e. The fourth-order valence-corrected chi connectivity index (χ4v) is 0.978. The number of nitrogens with zero attached hydrogens (tertiary/aromatic N) is 4. The van der Waals surface area contributed by atoms with Gasteiger partial charge in [-0.25, -0.2) is 14.6 Å². The molecule has 0 saturated carbocycles. The van der Waals surface area contributed by atoms with Crippen molar-refractivity contribution >= 4 is 15.9 Å². The normalized spacial score (nSPS) is 19.0. The van der Waals surface area contributed by atoms with Crippen LogP contribution in [0.4, 0.5) is 0 Å². The molecule has 0 fully saturated rings. The third-order valence-electron chi connectivity index (χ3n) is 1.20. The predicted octanol–water partition coefficient (Wildman–Crippen LogP) is 1.73. The zero-order chi connectivity index (χ0) is 15.2. The Morgan fingerprint density at radius 1 is 1.62 bits per heavy atom. The van der Waals surface area contributed by atoms with Crippen LogP contribution in [0.5, 0.6) is 0 Å². The summed E-state index contributed by atoms with van der Waals surface area (Å²) in [7, 11) is 0. The van der Waals surface area contributed by atoms with Crippen LogP contribution in [0, 0.1) is 6.85 Å². The first kappa shape index (κ1) is 3.49. The van der Waals surface area contributed by atoms with Gasteiger partial charge in [0.25, 0.3) is 0 Å². The van der Waals surface area contributed by atoms with Gasteiger partial charge in [0.15, 0.2) is 5.82 Å². The van der Waals surface area contributed by atoms with Crippen LogP contribution >= 0.6 is 15.9 Å². The molecule has 2 aromatic rings. The predicted molar refractivity (Wildman–Crippen MR) is 51.6 cm³/mol. The highest BCUT2D eigenvalue weighted by molar-refractivity contribution is 9.10. The fourth-order valence-electron chi connectivity index (χ4n) is 0.721. The molecule has 0 N–H and O–H groups in total. The van der Waals surface area contributed by atoms with Crippen LogP contribution in [0.1, 0.15) is 15.3 Å². The third-order valence-corrected chi connectivity index (χ3v) is 1.58. The molecule has 0 aliphatic carbocycles. The van der Waals surface area contributed by atoms with Gasteiger partial charge in [-0.1, -0.05) is 0 Å². The van der Waals surface area contributed by atoms with E-state index < -0.39 is 31.1 Å². The Hall–Kier alpha value is -1.23. The molecule has 0 aliphatic rings. The van der Waals surface area contributed by atoms with Crippen molar-refractivity contribution < 1.29 is 9.60 Å². The third kappa shape index (κ3) is 1.75. The van der Waals surface area contributed by atoms with Crippen molar-refractivity contribution in [2.45, 2.75) is 6.85 Å². The average Bonchev–Trinajstić information content (AvgIpc) is 2.61. The standard InChI is InChI=1S/C8H7BrN4/c1-6-2-3-13(12-6)8-4-7(9)10-5-11-8/h2-5H,1H3/i1D3,2D,3D,4D,5D. The molecule has 0 spiro atoms. The lowest BCUT2D eigenvalue weighted by Crippen LogP contribution is -1.98. The Balaban J connectivity index is 2.72. The molecule has 0 aromatic carbocycles. The van der Waals surface area contributed by atoms with Gasteiger partial charge in [0, 0.05) is 16.3 Å². The van der Waals surface area contributed by atoms with E-state index in [1.165, 1.54) is 0 Å². The summed E-state index contributed by atoms with van der Waals surface area (Å²) in [5.41, 5.74) is -0.553. The summed E-state index contributed by atoms with van der Waals surface area (Å²) in [6.07, 6.45) is -0.936. The molecule has 2 heterocycles. The van der Waals surface area contributed by atoms with Gasteiger partial charge in [0.2, 0.25) is 0 Å². The molecule has 0 radical (unpaired) electrons.